The molecule has 0 spiro atoms. The van der Waals surface area contributed by atoms with Crippen LogP contribution in [-0.2, 0) is 11.3 Å². The average Bonchev–Trinajstić information content (AvgIpc) is 3.61. The maximum atomic E-state index is 14.0. The second kappa shape index (κ2) is 10.8. The molecule has 7 heteroatoms. The number of hydrogen-bond donors (Lipinski definition) is 2. The summed E-state index contributed by atoms with van der Waals surface area (Å²) in [6.07, 6.45) is 11.7. The van der Waals surface area contributed by atoms with Crippen molar-refractivity contribution in [3.8, 4) is 0 Å². The summed E-state index contributed by atoms with van der Waals surface area (Å²) in [6.45, 7) is 10.7. The SMILES string of the molecule is Cc1cc(C(=O)N(C2CC2)C2CCC(=N)/C(=C\NC(=O)OC(C)(C)C)C2)c(C)n1CC1CCCCC1. The molecule has 1 aromatic heterocycles. The lowest BCUT2D eigenvalue weighted by atomic mass is 9.88. The molecule has 3 fully saturated rings. The van der Waals surface area contributed by atoms with Crippen LogP contribution in [0.4, 0.5) is 4.79 Å². The highest BCUT2D eigenvalue weighted by molar-refractivity contribution is 6.00. The fourth-order valence-corrected chi connectivity index (χ4v) is 5.84. The van der Waals surface area contributed by atoms with Crippen LogP contribution < -0.4 is 5.32 Å². The second-order valence-electron chi connectivity index (χ2n) is 12.0. The lowest BCUT2D eigenvalue weighted by molar-refractivity contribution is 0.0549. The maximum absolute atomic E-state index is 14.0. The third kappa shape index (κ3) is 6.40. The first-order valence-electron chi connectivity index (χ1n) is 13.8. The zero-order valence-electron chi connectivity index (χ0n) is 22.8. The zero-order valence-corrected chi connectivity index (χ0v) is 22.8. The number of aryl methyl sites for hydroxylation is 1. The Labute approximate surface area is 216 Å². The van der Waals surface area contributed by atoms with Crippen molar-refractivity contribution in [2.45, 2.75) is 123 Å². The van der Waals surface area contributed by atoms with Crippen LogP contribution >= 0.6 is 0 Å². The summed E-state index contributed by atoms with van der Waals surface area (Å²) < 4.78 is 7.69. The van der Waals surface area contributed by atoms with Gasteiger partial charge in [-0.25, -0.2) is 4.79 Å². The number of carbonyl (C=O) groups excluding carboxylic acids is 2. The molecule has 0 radical (unpaired) electrons. The van der Waals surface area contributed by atoms with E-state index in [2.05, 4.69) is 34.7 Å². The summed E-state index contributed by atoms with van der Waals surface area (Å²) in [5.41, 5.74) is 3.80. The van der Waals surface area contributed by atoms with E-state index in [1.807, 2.05) is 20.8 Å². The largest absolute Gasteiger partial charge is 0.444 e. The van der Waals surface area contributed by atoms with Crippen molar-refractivity contribution < 1.29 is 14.3 Å². The number of nitrogens with one attached hydrogen (secondary N) is 2. The molecule has 3 saturated carbocycles. The van der Waals surface area contributed by atoms with Gasteiger partial charge in [-0.1, -0.05) is 19.3 Å². The number of rotatable bonds is 6. The van der Waals surface area contributed by atoms with Gasteiger partial charge in [-0.3, -0.25) is 10.1 Å². The van der Waals surface area contributed by atoms with Gasteiger partial charge in [-0.2, -0.15) is 0 Å². The lowest BCUT2D eigenvalue weighted by Crippen LogP contribution is -2.45. The molecular weight excluding hydrogens is 452 g/mol. The van der Waals surface area contributed by atoms with E-state index in [0.29, 0.717) is 24.5 Å². The van der Waals surface area contributed by atoms with Crippen LogP contribution in [0.25, 0.3) is 0 Å². The van der Waals surface area contributed by atoms with E-state index in [0.717, 1.165) is 42.6 Å². The highest BCUT2D eigenvalue weighted by atomic mass is 16.6. The Morgan fingerprint density at radius 1 is 1.11 bits per heavy atom. The number of aromatic nitrogens is 1. The second-order valence-corrected chi connectivity index (χ2v) is 12.0. The van der Waals surface area contributed by atoms with Gasteiger partial charge in [0, 0.05) is 41.9 Å². The summed E-state index contributed by atoms with van der Waals surface area (Å²) in [4.78, 5) is 28.2. The van der Waals surface area contributed by atoms with Crippen LogP contribution in [0.1, 0.15) is 107 Å². The molecule has 3 aliphatic carbocycles. The van der Waals surface area contributed by atoms with E-state index in [9.17, 15) is 9.59 Å². The Morgan fingerprint density at radius 2 is 1.81 bits per heavy atom. The van der Waals surface area contributed by atoms with E-state index < -0.39 is 11.7 Å². The van der Waals surface area contributed by atoms with Gasteiger partial charge in [0.15, 0.2) is 0 Å². The molecule has 1 atom stereocenters. The Morgan fingerprint density at radius 3 is 2.44 bits per heavy atom. The van der Waals surface area contributed by atoms with Crippen molar-refractivity contribution >= 4 is 17.7 Å². The first-order chi connectivity index (χ1) is 17.0. The fourth-order valence-electron chi connectivity index (χ4n) is 5.84. The molecule has 0 bridgehead atoms. The van der Waals surface area contributed by atoms with Crippen LogP contribution in [0.15, 0.2) is 17.8 Å². The van der Waals surface area contributed by atoms with E-state index in [1.54, 1.807) is 6.20 Å². The summed E-state index contributed by atoms with van der Waals surface area (Å²) >= 11 is 0. The van der Waals surface area contributed by atoms with Gasteiger partial charge in [-0.15, -0.1) is 0 Å². The first-order valence-corrected chi connectivity index (χ1v) is 13.8. The minimum atomic E-state index is -0.580. The Kier molecular flexibility index (Phi) is 7.96. The normalized spacial score (nSPS) is 22.5. The van der Waals surface area contributed by atoms with Crippen LogP contribution in [0.3, 0.4) is 0 Å². The van der Waals surface area contributed by atoms with Gasteiger partial charge in [0.05, 0.1) is 5.56 Å². The molecule has 0 aromatic carbocycles. The number of ether oxygens (including phenoxy) is 1. The van der Waals surface area contributed by atoms with Gasteiger partial charge in [0.2, 0.25) is 0 Å². The standard InChI is InChI=1S/C29H44N4O3/c1-19-15-25(20(2)32(19)18-21-9-7-6-8-10-21)27(34)33(23-11-12-23)24-13-14-26(30)22(16-24)17-31-28(35)36-29(3,4)5/h15,17,21,23-24,30H,6-14,16,18H2,1-5H3,(H,31,35)/b22-17-,30-26?. The predicted octanol–water partition coefficient (Wildman–Crippen LogP) is 6.27. The van der Waals surface area contributed by atoms with Crippen molar-refractivity contribution in [1.82, 2.24) is 14.8 Å². The van der Waals surface area contributed by atoms with Crippen molar-refractivity contribution in [1.29, 1.82) is 5.41 Å². The third-order valence-corrected chi connectivity index (χ3v) is 7.87. The molecule has 2 N–H and O–H groups in total. The van der Waals surface area contributed by atoms with Gasteiger partial charge in [-0.05, 0) is 97.1 Å². The quantitative estimate of drug-likeness (QED) is 0.486. The van der Waals surface area contributed by atoms with Crippen molar-refractivity contribution in [2.75, 3.05) is 0 Å². The highest BCUT2D eigenvalue weighted by Gasteiger charge is 2.40. The van der Waals surface area contributed by atoms with Crippen molar-refractivity contribution in [2.24, 2.45) is 5.92 Å². The van der Waals surface area contributed by atoms with Crippen LogP contribution in [0, 0.1) is 25.2 Å². The summed E-state index contributed by atoms with van der Waals surface area (Å²) in [5, 5.41) is 11.1. The molecule has 1 heterocycles. The molecule has 198 valence electrons. The van der Waals surface area contributed by atoms with Crippen molar-refractivity contribution in [3.63, 3.8) is 0 Å². The Balaban J connectivity index is 1.49. The van der Waals surface area contributed by atoms with Gasteiger partial charge in [0.25, 0.3) is 5.91 Å². The van der Waals surface area contributed by atoms with Crippen molar-refractivity contribution in [3.05, 3.63) is 34.8 Å². The molecule has 0 aliphatic heterocycles. The van der Waals surface area contributed by atoms with Gasteiger partial charge >= 0.3 is 6.09 Å². The molecular formula is C29H44N4O3. The topological polar surface area (TPSA) is 87.4 Å². The average molecular weight is 497 g/mol. The number of alkyl carbamates (subject to hydrolysis) is 1. The van der Waals surface area contributed by atoms with Gasteiger partial charge < -0.3 is 19.6 Å². The summed E-state index contributed by atoms with van der Waals surface area (Å²) in [6, 6.07) is 2.39. The van der Waals surface area contributed by atoms with E-state index in [1.165, 1.54) is 37.8 Å². The van der Waals surface area contributed by atoms with Crippen LogP contribution in [-0.4, -0.2) is 44.9 Å². The van der Waals surface area contributed by atoms with Crippen LogP contribution in [0.5, 0.6) is 0 Å². The summed E-state index contributed by atoms with van der Waals surface area (Å²) in [5.74, 6) is 0.832. The first kappa shape index (κ1) is 26.5. The zero-order chi connectivity index (χ0) is 26.0. The molecule has 0 saturated heterocycles. The molecule has 1 aromatic rings. The van der Waals surface area contributed by atoms with Crippen LogP contribution in [0.2, 0.25) is 0 Å². The number of amides is 2. The number of nitrogens with zero attached hydrogens (tertiary/aromatic N) is 2. The van der Waals surface area contributed by atoms with E-state index in [4.69, 9.17) is 10.1 Å². The highest BCUT2D eigenvalue weighted by Crippen LogP contribution is 2.37. The molecule has 3 aliphatic rings. The maximum Gasteiger partial charge on any atom is 0.411 e. The predicted molar refractivity (Wildman–Crippen MR) is 142 cm³/mol. The fraction of sp³-hybridized carbons (Fsp3) is 0.690. The minimum Gasteiger partial charge on any atom is -0.444 e. The molecule has 1 unspecified atom stereocenters. The Hall–Kier alpha value is -2.57. The Bertz CT molecular complexity index is 1020. The lowest BCUT2D eigenvalue weighted by Gasteiger charge is -2.36. The third-order valence-electron chi connectivity index (χ3n) is 7.87. The smallest absolute Gasteiger partial charge is 0.411 e. The van der Waals surface area contributed by atoms with E-state index >= 15 is 0 Å². The molecule has 7 nitrogen and oxygen atoms in total. The molecule has 4 rings (SSSR count). The van der Waals surface area contributed by atoms with Gasteiger partial charge in [0.1, 0.15) is 5.60 Å². The summed E-state index contributed by atoms with van der Waals surface area (Å²) in [7, 11) is 0. The molecule has 2 amide bonds. The minimum absolute atomic E-state index is 0.0344. The molecule has 36 heavy (non-hydrogen) atoms. The number of carbonyl (C=O) groups is 2. The van der Waals surface area contributed by atoms with E-state index in [-0.39, 0.29) is 18.0 Å². The monoisotopic (exact) mass is 496 g/mol. The number of hydrogen-bond acceptors (Lipinski definition) is 4.